The van der Waals surface area contributed by atoms with E-state index in [-0.39, 0.29) is 22.8 Å². The van der Waals surface area contributed by atoms with Gasteiger partial charge >= 0.3 is 0 Å². The largest absolute Gasteiger partial charge is 0.508 e. The molecule has 1 atom stereocenters. The number of aromatic hydroxyl groups is 3. The predicted octanol–water partition coefficient (Wildman–Crippen LogP) is 0.801. The zero-order chi connectivity index (χ0) is 16.1. The van der Waals surface area contributed by atoms with Crippen LogP contribution in [-0.2, 0) is 0 Å². The Kier molecular flexibility index (Phi) is 2.98. The second-order valence-electron chi connectivity index (χ2n) is 4.98. The van der Waals surface area contributed by atoms with Gasteiger partial charge in [-0.3, -0.25) is 4.79 Å². The summed E-state index contributed by atoms with van der Waals surface area (Å²) in [5.74, 6) is -5.21. The molecular weight excluding hydrogens is 292 g/mol. The number of ether oxygens (including phenoxy) is 1. The lowest BCUT2D eigenvalue weighted by atomic mass is 9.90. The number of carbonyl (C=O) groups excluding carboxylic acids is 1. The number of benzene rings is 2. The zero-order valence-electron chi connectivity index (χ0n) is 11.1. The molecule has 1 heterocycles. The minimum atomic E-state index is -2.90. The van der Waals surface area contributed by atoms with Gasteiger partial charge in [-0.2, -0.15) is 0 Å². The first-order chi connectivity index (χ1) is 10.3. The van der Waals surface area contributed by atoms with Gasteiger partial charge in [0, 0.05) is 12.1 Å². The van der Waals surface area contributed by atoms with Crippen LogP contribution in [0, 0.1) is 0 Å². The highest BCUT2D eigenvalue weighted by atomic mass is 16.6. The lowest BCUT2D eigenvalue weighted by molar-refractivity contribution is -0.186. The summed E-state index contributed by atoms with van der Waals surface area (Å²) in [5, 5.41) is 48.7. The molecule has 5 N–H and O–H groups in total. The van der Waals surface area contributed by atoms with Gasteiger partial charge in [0.1, 0.15) is 28.6 Å². The summed E-state index contributed by atoms with van der Waals surface area (Å²) >= 11 is 0. The predicted molar refractivity (Wildman–Crippen MR) is 72.7 cm³/mol. The van der Waals surface area contributed by atoms with E-state index in [9.17, 15) is 30.3 Å². The van der Waals surface area contributed by atoms with E-state index >= 15 is 0 Å². The van der Waals surface area contributed by atoms with E-state index < -0.39 is 29.0 Å². The van der Waals surface area contributed by atoms with Crippen molar-refractivity contribution in [2.75, 3.05) is 0 Å². The average molecular weight is 304 g/mol. The molecule has 0 fully saturated rings. The Labute approximate surface area is 124 Å². The highest BCUT2D eigenvalue weighted by Gasteiger charge is 2.51. The van der Waals surface area contributed by atoms with E-state index in [4.69, 9.17) is 4.74 Å². The number of Topliss-reactive ketones (excluding diaryl/α,β-unsaturated/α-hetero) is 1. The number of phenols is 3. The molecule has 0 amide bonds. The topological polar surface area (TPSA) is 127 Å². The molecule has 2 aromatic rings. The maximum Gasteiger partial charge on any atom is 0.271 e. The van der Waals surface area contributed by atoms with Crippen molar-refractivity contribution in [3.05, 3.63) is 47.5 Å². The van der Waals surface area contributed by atoms with E-state index in [1.165, 1.54) is 24.3 Å². The fourth-order valence-corrected chi connectivity index (χ4v) is 2.37. The van der Waals surface area contributed by atoms with Crippen molar-refractivity contribution >= 4 is 5.78 Å². The van der Waals surface area contributed by atoms with Crippen LogP contribution in [0.15, 0.2) is 36.4 Å². The van der Waals surface area contributed by atoms with Crippen LogP contribution in [0.1, 0.15) is 22.0 Å². The third-order valence-corrected chi connectivity index (χ3v) is 3.43. The quantitative estimate of drug-likeness (QED) is 0.493. The van der Waals surface area contributed by atoms with Gasteiger partial charge in [-0.1, -0.05) is 12.1 Å². The SMILES string of the molecule is O=C1c2c(O)cc(O)cc2OC(c2ccc(O)cc2)C1(O)O. The smallest absolute Gasteiger partial charge is 0.271 e. The first-order valence-electron chi connectivity index (χ1n) is 6.32. The summed E-state index contributed by atoms with van der Waals surface area (Å²) < 4.78 is 5.38. The molecule has 114 valence electrons. The number of carbonyl (C=O) groups is 1. The molecular formula is C15H12O7. The van der Waals surface area contributed by atoms with E-state index in [0.29, 0.717) is 0 Å². The van der Waals surface area contributed by atoms with Crippen molar-refractivity contribution < 1.29 is 35.1 Å². The van der Waals surface area contributed by atoms with Gasteiger partial charge in [0.2, 0.25) is 5.78 Å². The Morgan fingerprint density at radius 1 is 0.955 bits per heavy atom. The number of fused-ring (bicyclic) bond motifs is 1. The minimum absolute atomic E-state index is 0.0388. The first-order valence-corrected chi connectivity index (χ1v) is 6.32. The molecule has 1 aliphatic rings. The summed E-state index contributed by atoms with van der Waals surface area (Å²) in [4.78, 5) is 12.3. The van der Waals surface area contributed by atoms with Gasteiger partial charge in [0.25, 0.3) is 5.79 Å². The Morgan fingerprint density at radius 2 is 1.59 bits per heavy atom. The molecule has 0 saturated carbocycles. The average Bonchev–Trinajstić information content (AvgIpc) is 2.43. The number of rotatable bonds is 1. The van der Waals surface area contributed by atoms with Gasteiger partial charge in [-0.05, 0) is 17.7 Å². The number of hydrogen-bond acceptors (Lipinski definition) is 7. The minimum Gasteiger partial charge on any atom is -0.508 e. The molecule has 0 radical (unpaired) electrons. The summed E-state index contributed by atoms with van der Waals surface area (Å²) in [6.07, 6.45) is -1.48. The molecule has 0 aromatic heterocycles. The number of aliphatic hydroxyl groups is 2. The van der Waals surface area contributed by atoms with Gasteiger partial charge in [-0.15, -0.1) is 0 Å². The molecule has 22 heavy (non-hydrogen) atoms. The summed E-state index contributed by atoms with van der Waals surface area (Å²) in [7, 11) is 0. The van der Waals surface area contributed by atoms with Crippen molar-refractivity contribution in [3.63, 3.8) is 0 Å². The van der Waals surface area contributed by atoms with Crippen LogP contribution in [0.5, 0.6) is 23.0 Å². The normalized spacial score (nSPS) is 19.4. The van der Waals surface area contributed by atoms with Gasteiger partial charge in [0.15, 0.2) is 6.10 Å². The summed E-state index contributed by atoms with van der Waals surface area (Å²) in [5.41, 5.74) is -0.192. The first kappa shape index (κ1) is 14.2. The van der Waals surface area contributed by atoms with Crippen molar-refractivity contribution in [1.29, 1.82) is 0 Å². The van der Waals surface area contributed by atoms with Crippen LogP contribution in [0.25, 0.3) is 0 Å². The van der Waals surface area contributed by atoms with Crippen LogP contribution in [0.2, 0.25) is 0 Å². The fourth-order valence-electron chi connectivity index (χ4n) is 2.37. The highest BCUT2D eigenvalue weighted by molar-refractivity contribution is 6.07. The molecule has 1 unspecified atom stereocenters. The molecule has 0 spiro atoms. The highest BCUT2D eigenvalue weighted by Crippen LogP contribution is 2.45. The van der Waals surface area contributed by atoms with E-state index in [2.05, 4.69) is 0 Å². The van der Waals surface area contributed by atoms with E-state index in [1.807, 2.05) is 0 Å². The molecule has 1 aliphatic heterocycles. The lowest BCUT2D eigenvalue weighted by Crippen LogP contribution is -2.49. The van der Waals surface area contributed by atoms with Crippen LogP contribution in [-0.4, -0.2) is 37.1 Å². The molecule has 3 rings (SSSR count). The van der Waals surface area contributed by atoms with Gasteiger partial charge in [-0.25, -0.2) is 0 Å². The van der Waals surface area contributed by atoms with Crippen molar-refractivity contribution in [2.24, 2.45) is 0 Å². The maximum atomic E-state index is 12.3. The molecule has 0 aliphatic carbocycles. The summed E-state index contributed by atoms with van der Waals surface area (Å²) in [6.45, 7) is 0. The monoisotopic (exact) mass is 304 g/mol. The molecule has 2 aromatic carbocycles. The number of hydrogen-bond donors (Lipinski definition) is 5. The van der Waals surface area contributed by atoms with Crippen LogP contribution in [0.4, 0.5) is 0 Å². The molecule has 0 saturated heterocycles. The third kappa shape index (κ3) is 2.03. The number of phenolic OH excluding ortho intramolecular Hbond substituents is 3. The van der Waals surface area contributed by atoms with Crippen molar-refractivity contribution in [1.82, 2.24) is 0 Å². The second-order valence-corrected chi connectivity index (χ2v) is 4.98. The van der Waals surface area contributed by atoms with E-state index in [0.717, 1.165) is 12.1 Å². The fraction of sp³-hybridized carbons (Fsp3) is 0.133. The van der Waals surface area contributed by atoms with Crippen molar-refractivity contribution in [3.8, 4) is 23.0 Å². The number of ketones is 1. The molecule has 7 heteroatoms. The van der Waals surface area contributed by atoms with E-state index in [1.54, 1.807) is 0 Å². The Morgan fingerprint density at radius 3 is 2.23 bits per heavy atom. The Bertz CT molecular complexity index is 749. The molecule has 0 bridgehead atoms. The lowest BCUT2D eigenvalue weighted by Gasteiger charge is -2.35. The second kappa shape index (κ2) is 4.62. The summed E-state index contributed by atoms with van der Waals surface area (Å²) in [6, 6.07) is 7.32. The van der Waals surface area contributed by atoms with Gasteiger partial charge in [0.05, 0.1) is 0 Å². The molecule has 7 nitrogen and oxygen atoms in total. The van der Waals surface area contributed by atoms with Crippen LogP contribution in [0.3, 0.4) is 0 Å². The maximum absolute atomic E-state index is 12.3. The standard InChI is InChI=1S/C15H12O7/c16-8-3-1-7(2-4-8)14-15(20,21)13(19)12-10(18)5-9(17)6-11(12)22-14/h1-6,14,16-18,20-21H. The zero-order valence-corrected chi connectivity index (χ0v) is 11.1. The van der Waals surface area contributed by atoms with Crippen molar-refractivity contribution in [2.45, 2.75) is 11.9 Å². The Hall–Kier alpha value is -2.77. The van der Waals surface area contributed by atoms with Gasteiger partial charge < -0.3 is 30.3 Å². The third-order valence-electron chi connectivity index (χ3n) is 3.43. The Balaban J connectivity index is 2.14. The van der Waals surface area contributed by atoms with Crippen LogP contribution < -0.4 is 4.74 Å². The van der Waals surface area contributed by atoms with Crippen LogP contribution >= 0.6 is 0 Å².